The third kappa shape index (κ3) is 2.34. The molecule has 2 aromatic rings. The van der Waals surface area contributed by atoms with E-state index < -0.39 is 0 Å². The standard InChI is InChI=1S/C15H16N2O2S2/c1-8-16-13-12(9-4-2-3-5-10(9)20-13)14(17-8)21-11-6-7-19-15(11)18/h11H,2-7H2,1H3/t11-/m0/s1. The van der Waals surface area contributed by atoms with Crippen LogP contribution in [-0.2, 0) is 22.4 Å². The van der Waals surface area contributed by atoms with Crippen LogP contribution in [0.2, 0.25) is 0 Å². The van der Waals surface area contributed by atoms with E-state index in [4.69, 9.17) is 4.74 Å². The average Bonchev–Trinajstić information content (AvgIpc) is 3.02. The molecule has 4 nitrogen and oxygen atoms in total. The van der Waals surface area contributed by atoms with Crippen molar-refractivity contribution in [2.24, 2.45) is 0 Å². The molecule has 1 fully saturated rings. The van der Waals surface area contributed by atoms with Crippen molar-refractivity contribution >= 4 is 39.3 Å². The quantitative estimate of drug-likeness (QED) is 0.628. The number of ether oxygens (including phenoxy) is 1. The maximum atomic E-state index is 11.7. The van der Waals surface area contributed by atoms with Crippen LogP contribution in [0, 0.1) is 6.92 Å². The van der Waals surface area contributed by atoms with Crippen LogP contribution in [0.3, 0.4) is 0 Å². The zero-order valence-corrected chi connectivity index (χ0v) is 13.5. The maximum Gasteiger partial charge on any atom is 0.319 e. The molecule has 0 bridgehead atoms. The third-order valence-corrected chi connectivity index (χ3v) is 6.45. The lowest BCUT2D eigenvalue weighted by Gasteiger charge is -2.12. The molecule has 0 aromatic carbocycles. The van der Waals surface area contributed by atoms with Gasteiger partial charge in [0.25, 0.3) is 0 Å². The summed E-state index contributed by atoms with van der Waals surface area (Å²) in [5.74, 6) is 0.684. The zero-order valence-electron chi connectivity index (χ0n) is 11.8. The second-order valence-electron chi connectivity index (χ2n) is 5.53. The van der Waals surface area contributed by atoms with Gasteiger partial charge in [-0.15, -0.1) is 11.3 Å². The van der Waals surface area contributed by atoms with Crippen molar-refractivity contribution in [1.82, 2.24) is 9.97 Å². The number of thioether (sulfide) groups is 1. The van der Waals surface area contributed by atoms with Gasteiger partial charge >= 0.3 is 5.97 Å². The summed E-state index contributed by atoms with van der Waals surface area (Å²) in [4.78, 5) is 23.5. The van der Waals surface area contributed by atoms with Gasteiger partial charge in [-0.25, -0.2) is 9.97 Å². The highest BCUT2D eigenvalue weighted by Gasteiger charge is 2.30. The Morgan fingerprint density at radius 1 is 1.29 bits per heavy atom. The van der Waals surface area contributed by atoms with E-state index in [0.29, 0.717) is 6.61 Å². The summed E-state index contributed by atoms with van der Waals surface area (Å²) in [6.07, 6.45) is 5.56. The summed E-state index contributed by atoms with van der Waals surface area (Å²) in [6.45, 7) is 2.46. The van der Waals surface area contributed by atoms with E-state index in [2.05, 4.69) is 9.97 Å². The molecule has 1 aliphatic carbocycles. The molecule has 0 radical (unpaired) electrons. The number of hydrogen-bond donors (Lipinski definition) is 0. The molecule has 110 valence electrons. The number of carbonyl (C=O) groups excluding carboxylic acids is 1. The molecular formula is C15H16N2O2S2. The number of aryl methyl sites for hydroxylation is 3. The second-order valence-corrected chi connectivity index (χ2v) is 7.80. The van der Waals surface area contributed by atoms with E-state index in [1.54, 1.807) is 23.1 Å². The predicted octanol–water partition coefficient (Wildman–Crippen LogP) is 3.29. The number of nitrogens with zero attached hydrogens (tertiary/aromatic N) is 2. The summed E-state index contributed by atoms with van der Waals surface area (Å²) >= 11 is 3.37. The molecule has 4 rings (SSSR count). The Morgan fingerprint density at radius 2 is 2.14 bits per heavy atom. The Labute approximate surface area is 131 Å². The molecule has 21 heavy (non-hydrogen) atoms. The fourth-order valence-corrected chi connectivity index (χ4v) is 5.57. The molecule has 6 heteroatoms. The Bertz CT molecular complexity index is 726. The first-order valence-electron chi connectivity index (χ1n) is 7.34. The molecule has 2 aliphatic rings. The highest BCUT2D eigenvalue weighted by Crippen LogP contribution is 2.41. The minimum absolute atomic E-state index is 0.103. The molecule has 0 saturated carbocycles. The first-order valence-corrected chi connectivity index (χ1v) is 9.04. The van der Waals surface area contributed by atoms with E-state index in [1.165, 1.54) is 28.7 Å². The van der Waals surface area contributed by atoms with E-state index in [1.807, 2.05) is 6.92 Å². The van der Waals surface area contributed by atoms with Crippen LogP contribution in [0.4, 0.5) is 0 Å². The first kappa shape index (κ1) is 13.5. The van der Waals surface area contributed by atoms with E-state index in [9.17, 15) is 4.79 Å². The molecule has 0 amide bonds. The normalized spacial score (nSPS) is 21.6. The van der Waals surface area contributed by atoms with Crippen molar-refractivity contribution < 1.29 is 9.53 Å². The molecule has 0 unspecified atom stereocenters. The van der Waals surface area contributed by atoms with Gasteiger partial charge in [-0.2, -0.15) is 0 Å². The smallest absolute Gasteiger partial charge is 0.319 e. The van der Waals surface area contributed by atoms with Gasteiger partial charge in [-0.1, -0.05) is 11.8 Å². The molecule has 1 atom stereocenters. The lowest BCUT2D eigenvalue weighted by Crippen LogP contribution is -2.10. The molecular weight excluding hydrogens is 304 g/mol. The summed E-state index contributed by atoms with van der Waals surface area (Å²) < 4.78 is 5.07. The fraction of sp³-hybridized carbons (Fsp3) is 0.533. The second kappa shape index (κ2) is 5.25. The molecule has 0 spiro atoms. The SMILES string of the molecule is Cc1nc(S[C@H]2CCOC2=O)c2c3c(sc2n1)CCCC3. The minimum Gasteiger partial charge on any atom is -0.465 e. The van der Waals surface area contributed by atoms with Crippen molar-refractivity contribution in [2.75, 3.05) is 6.61 Å². The van der Waals surface area contributed by atoms with E-state index >= 15 is 0 Å². The third-order valence-electron chi connectivity index (χ3n) is 4.03. The Balaban J connectivity index is 1.82. The Kier molecular flexibility index (Phi) is 3.38. The molecule has 2 aromatic heterocycles. The van der Waals surface area contributed by atoms with Crippen LogP contribution < -0.4 is 0 Å². The van der Waals surface area contributed by atoms with Crippen LogP contribution in [0.25, 0.3) is 10.2 Å². The lowest BCUT2D eigenvalue weighted by atomic mass is 9.97. The molecule has 3 heterocycles. The van der Waals surface area contributed by atoms with Gasteiger partial charge in [-0.3, -0.25) is 4.79 Å². The number of aromatic nitrogens is 2. The van der Waals surface area contributed by atoms with Gasteiger partial charge in [0, 0.05) is 16.7 Å². The molecule has 1 saturated heterocycles. The highest BCUT2D eigenvalue weighted by atomic mass is 32.2. The van der Waals surface area contributed by atoms with Gasteiger partial charge in [0.2, 0.25) is 0 Å². The summed E-state index contributed by atoms with van der Waals surface area (Å²) in [7, 11) is 0. The summed E-state index contributed by atoms with van der Waals surface area (Å²) in [5.41, 5.74) is 1.43. The van der Waals surface area contributed by atoms with Crippen LogP contribution in [0.1, 0.15) is 35.5 Å². The van der Waals surface area contributed by atoms with Crippen LogP contribution in [0.5, 0.6) is 0 Å². The monoisotopic (exact) mass is 320 g/mol. The number of carbonyl (C=O) groups is 1. The van der Waals surface area contributed by atoms with E-state index in [-0.39, 0.29) is 11.2 Å². The number of esters is 1. The molecule has 0 N–H and O–H groups in total. The van der Waals surface area contributed by atoms with Crippen LogP contribution >= 0.6 is 23.1 Å². The van der Waals surface area contributed by atoms with Crippen LogP contribution in [0.15, 0.2) is 5.03 Å². The van der Waals surface area contributed by atoms with Crippen molar-refractivity contribution in [3.63, 3.8) is 0 Å². The lowest BCUT2D eigenvalue weighted by molar-refractivity contribution is -0.137. The zero-order chi connectivity index (χ0) is 14.4. The number of rotatable bonds is 2. The minimum atomic E-state index is -0.110. The predicted molar refractivity (Wildman–Crippen MR) is 84.0 cm³/mol. The number of fused-ring (bicyclic) bond motifs is 3. The van der Waals surface area contributed by atoms with Gasteiger partial charge in [-0.05, 0) is 38.2 Å². The van der Waals surface area contributed by atoms with Crippen molar-refractivity contribution in [3.05, 3.63) is 16.3 Å². The van der Waals surface area contributed by atoms with E-state index in [0.717, 1.165) is 34.9 Å². The van der Waals surface area contributed by atoms with Gasteiger partial charge in [0.05, 0.1) is 6.61 Å². The van der Waals surface area contributed by atoms with Gasteiger partial charge in [0.15, 0.2) is 0 Å². The van der Waals surface area contributed by atoms with Gasteiger partial charge < -0.3 is 4.74 Å². The Morgan fingerprint density at radius 3 is 2.95 bits per heavy atom. The average molecular weight is 320 g/mol. The van der Waals surface area contributed by atoms with Crippen LogP contribution in [-0.4, -0.2) is 27.8 Å². The fourth-order valence-electron chi connectivity index (χ4n) is 3.03. The Hall–Kier alpha value is -1.14. The summed E-state index contributed by atoms with van der Waals surface area (Å²) in [5, 5.41) is 2.06. The molecule has 1 aliphatic heterocycles. The summed E-state index contributed by atoms with van der Waals surface area (Å²) in [6, 6.07) is 0. The topological polar surface area (TPSA) is 52.1 Å². The van der Waals surface area contributed by atoms with Crippen molar-refractivity contribution in [3.8, 4) is 0 Å². The largest absolute Gasteiger partial charge is 0.465 e. The number of hydrogen-bond acceptors (Lipinski definition) is 6. The van der Waals surface area contributed by atoms with Gasteiger partial charge in [0.1, 0.15) is 20.9 Å². The first-order chi connectivity index (χ1) is 10.2. The van der Waals surface area contributed by atoms with Crippen molar-refractivity contribution in [1.29, 1.82) is 0 Å². The highest BCUT2D eigenvalue weighted by molar-refractivity contribution is 8.00. The number of cyclic esters (lactones) is 1. The number of thiophene rings is 1. The van der Waals surface area contributed by atoms with Crippen molar-refractivity contribution in [2.45, 2.75) is 49.3 Å². The maximum absolute atomic E-state index is 11.7.